The van der Waals surface area contributed by atoms with Gasteiger partial charge in [0, 0.05) is 44.0 Å². The van der Waals surface area contributed by atoms with E-state index in [-0.39, 0.29) is 31.2 Å². The fraction of sp³-hybridized carbons (Fsp3) is 0.381. The van der Waals surface area contributed by atoms with Crippen LogP contribution in [0.4, 0.5) is 4.79 Å². The summed E-state index contributed by atoms with van der Waals surface area (Å²) < 4.78 is 27.1. The van der Waals surface area contributed by atoms with Crippen LogP contribution in [0.15, 0.2) is 46.7 Å². The number of imide groups is 2. The number of piperazine rings is 1. The van der Waals surface area contributed by atoms with Crippen LogP contribution in [0, 0.1) is 6.92 Å². The Morgan fingerprint density at radius 3 is 2.19 bits per heavy atom. The quantitative estimate of drug-likeness (QED) is 0.442. The first kappa shape index (κ1) is 22.6. The number of sulfonamides is 1. The number of hydrogen-bond acceptors (Lipinski definition) is 7. The summed E-state index contributed by atoms with van der Waals surface area (Å²) in [6, 6.07) is 9.89. The Balaban J connectivity index is 1.34. The molecule has 0 atom stereocenters. The van der Waals surface area contributed by atoms with E-state index in [0.29, 0.717) is 19.5 Å². The standard InChI is InChI=1S/C21H24N4O5S2/c1-16-4-6-18(7-5-16)32(29,30)23-12-10-22(11-13-23)15-25-20(27)19(26)24(21(25)28)9-8-17-3-2-14-31-17/h2-7,14H,8-13,15H2,1H3. The van der Waals surface area contributed by atoms with E-state index in [2.05, 4.69) is 0 Å². The van der Waals surface area contributed by atoms with Gasteiger partial charge in [0.05, 0.1) is 11.6 Å². The number of amides is 4. The van der Waals surface area contributed by atoms with Crippen LogP contribution in [0.1, 0.15) is 10.4 Å². The first-order chi connectivity index (χ1) is 15.3. The molecule has 2 aliphatic rings. The molecule has 1 aromatic heterocycles. The molecule has 4 rings (SSSR count). The largest absolute Gasteiger partial charge is 0.335 e. The van der Waals surface area contributed by atoms with Crippen LogP contribution in [0.3, 0.4) is 0 Å². The zero-order chi connectivity index (χ0) is 22.9. The van der Waals surface area contributed by atoms with E-state index in [1.165, 1.54) is 15.6 Å². The van der Waals surface area contributed by atoms with E-state index >= 15 is 0 Å². The lowest BCUT2D eigenvalue weighted by Gasteiger charge is -2.35. The van der Waals surface area contributed by atoms with Crippen LogP contribution in [0.25, 0.3) is 0 Å². The molecule has 2 fully saturated rings. The monoisotopic (exact) mass is 476 g/mol. The number of urea groups is 1. The maximum atomic E-state index is 12.8. The van der Waals surface area contributed by atoms with E-state index in [0.717, 1.165) is 20.2 Å². The first-order valence-electron chi connectivity index (χ1n) is 10.3. The molecule has 0 saturated carbocycles. The lowest BCUT2D eigenvalue weighted by molar-refractivity contribution is -0.144. The zero-order valence-corrected chi connectivity index (χ0v) is 19.3. The molecule has 3 heterocycles. The van der Waals surface area contributed by atoms with Gasteiger partial charge in [-0.2, -0.15) is 4.31 Å². The topological polar surface area (TPSA) is 98.3 Å². The zero-order valence-electron chi connectivity index (χ0n) is 17.6. The molecule has 2 saturated heterocycles. The fourth-order valence-corrected chi connectivity index (χ4v) is 5.84. The third-order valence-corrected chi connectivity index (χ3v) is 8.48. The molecule has 2 aromatic rings. The van der Waals surface area contributed by atoms with E-state index in [1.54, 1.807) is 24.3 Å². The molecule has 0 unspecified atom stereocenters. The van der Waals surface area contributed by atoms with Crippen LogP contribution in [-0.2, 0) is 26.0 Å². The molecule has 0 spiro atoms. The second kappa shape index (κ2) is 9.10. The summed E-state index contributed by atoms with van der Waals surface area (Å²) in [4.78, 5) is 42.4. The molecule has 9 nitrogen and oxygen atoms in total. The van der Waals surface area contributed by atoms with Crippen LogP contribution in [0.2, 0.25) is 0 Å². The van der Waals surface area contributed by atoms with E-state index in [4.69, 9.17) is 0 Å². The number of carbonyl (C=O) groups is 3. The predicted molar refractivity (Wildman–Crippen MR) is 118 cm³/mol. The molecule has 0 aliphatic carbocycles. The lowest BCUT2D eigenvalue weighted by atomic mass is 10.2. The van der Waals surface area contributed by atoms with Gasteiger partial charge in [-0.15, -0.1) is 11.3 Å². The first-order valence-corrected chi connectivity index (χ1v) is 12.6. The normalized spacial score (nSPS) is 18.7. The van der Waals surface area contributed by atoms with Gasteiger partial charge in [-0.1, -0.05) is 23.8 Å². The molecule has 0 radical (unpaired) electrons. The molecular formula is C21H24N4O5S2. The summed E-state index contributed by atoms with van der Waals surface area (Å²) in [7, 11) is -3.60. The number of thiophene rings is 1. The second-order valence-corrected chi connectivity index (χ2v) is 10.7. The Kier molecular flexibility index (Phi) is 6.42. The van der Waals surface area contributed by atoms with Crippen LogP contribution >= 0.6 is 11.3 Å². The van der Waals surface area contributed by atoms with Crippen molar-refractivity contribution in [2.24, 2.45) is 0 Å². The highest BCUT2D eigenvalue weighted by molar-refractivity contribution is 7.89. The van der Waals surface area contributed by atoms with Crippen molar-refractivity contribution in [3.8, 4) is 0 Å². The van der Waals surface area contributed by atoms with Crippen molar-refractivity contribution in [2.75, 3.05) is 39.4 Å². The third-order valence-electron chi connectivity index (χ3n) is 5.63. The van der Waals surface area contributed by atoms with E-state index < -0.39 is 27.9 Å². The SMILES string of the molecule is Cc1ccc(S(=O)(=O)N2CCN(CN3C(=O)C(=O)N(CCc4cccs4)C3=O)CC2)cc1. The maximum absolute atomic E-state index is 12.8. The van der Waals surface area contributed by atoms with Gasteiger partial charge in [-0.25, -0.2) is 18.1 Å². The molecule has 2 aliphatic heterocycles. The molecule has 11 heteroatoms. The summed E-state index contributed by atoms with van der Waals surface area (Å²) >= 11 is 1.53. The summed E-state index contributed by atoms with van der Waals surface area (Å²) in [6.07, 6.45) is 0.506. The predicted octanol–water partition coefficient (Wildman–Crippen LogP) is 1.35. The van der Waals surface area contributed by atoms with Crippen molar-refractivity contribution in [2.45, 2.75) is 18.2 Å². The van der Waals surface area contributed by atoms with Crippen molar-refractivity contribution < 1.29 is 22.8 Å². The minimum atomic E-state index is -3.60. The summed E-state index contributed by atoms with van der Waals surface area (Å²) in [5.41, 5.74) is 0.979. The minimum Gasteiger partial charge on any atom is -0.283 e. The molecular weight excluding hydrogens is 452 g/mol. The molecule has 1 aromatic carbocycles. The molecule has 32 heavy (non-hydrogen) atoms. The van der Waals surface area contributed by atoms with Crippen molar-refractivity contribution >= 4 is 39.2 Å². The number of benzene rings is 1. The van der Waals surface area contributed by atoms with Crippen LogP contribution < -0.4 is 0 Å². The van der Waals surface area contributed by atoms with Gasteiger partial charge >= 0.3 is 17.8 Å². The van der Waals surface area contributed by atoms with Gasteiger partial charge in [-0.05, 0) is 30.5 Å². The maximum Gasteiger partial charge on any atom is 0.335 e. The third kappa shape index (κ3) is 4.46. The molecule has 4 amide bonds. The summed E-state index contributed by atoms with van der Waals surface area (Å²) in [5.74, 6) is -1.65. The fourth-order valence-electron chi connectivity index (χ4n) is 3.72. The Hall–Kier alpha value is -2.60. The number of nitrogens with zero attached hydrogens (tertiary/aromatic N) is 4. The smallest absolute Gasteiger partial charge is 0.283 e. The Bertz CT molecular complexity index is 1110. The molecule has 0 N–H and O–H groups in total. The van der Waals surface area contributed by atoms with Crippen molar-refractivity contribution in [1.82, 2.24) is 19.0 Å². The Morgan fingerprint density at radius 2 is 1.56 bits per heavy atom. The number of aryl methyl sites for hydroxylation is 1. The highest BCUT2D eigenvalue weighted by Gasteiger charge is 2.45. The van der Waals surface area contributed by atoms with Crippen molar-refractivity contribution in [3.63, 3.8) is 0 Å². The summed E-state index contributed by atoms with van der Waals surface area (Å²) in [5, 5.41) is 1.92. The van der Waals surface area contributed by atoms with Gasteiger partial charge < -0.3 is 0 Å². The van der Waals surface area contributed by atoms with Crippen molar-refractivity contribution in [1.29, 1.82) is 0 Å². The van der Waals surface area contributed by atoms with Gasteiger partial charge in [-0.3, -0.25) is 19.4 Å². The van der Waals surface area contributed by atoms with E-state index in [1.807, 2.05) is 29.3 Å². The van der Waals surface area contributed by atoms with E-state index in [9.17, 15) is 22.8 Å². The summed E-state index contributed by atoms with van der Waals surface area (Å²) in [6.45, 7) is 3.20. The average Bonchev–Trinajstić information content (AvgIpc) is 3.37. The van der Waals surface area contributed by atoms with Crippen molar-refractivity contribution in [3.05, 3.63) is 52.2 Å². The highest BCUT2D eigenvalue weighted by Crippen LogP contribution is 2.20. The minimum absolute atomic E-state index is 0.0304. The van der Waals surface area contributed by atoms with Gasteiger partial charge in [0.25, 0.3) is 0 Å². The number of carbonyl (C=O) groups excluding carboxylic acids is 3. The van der Waals surface area contributed by atoms with Gasteiger partial charge in [0.1, 0.15) is 0 Å². The molecule has 170 valence electrons. The second-order valence-electron chi connectivity index (χ2n) is 7.78. The Labute approximate surface area is 190 Å². The average molecular weight is 477 g/mol. The van der Waals surface area contributed by atoms with Crippen LogP contribution in [-0.4, -0.2) is 84.7 Å². The Morgan fingerprint density at radius 1 is 0.906 bits per heavy atom. The van der Waals surface area contributed by atoms with Gasteiger partial charge in [0.15, 0.2) is 0 Å². The number of hydrogen-bond donors (Lipinski definition) is 0. The van der Waals surface area contributed by atoms with Crippen LogP contribution in [0.5, 0.6) is 0 Å². The lowest BCUT2D eigenvalue weighted by Crippen LogP contribution is -2.52. The highest BCUT2D eigenvalue weighted by atomic mass is 32.2. The number of rotatable bonds is 7. The van der Waals surface area contributed by atoms with Gasteiger partial charge in [0.2, 0.25) is 10.0 Å². The molecule has 0 bridgehead atoms.